The minimum Gasteiger partial charge on any atom is -0.355 e. The van der Waals surface area contributed by atoms with Crippen LogP contribution in [0.1, 0.15) is 29.0 Å². The molecule has 1 amide bonds. The lowest BCUT2D eigenvalue weighted by Crippen LogP contribution is -2.47. The van der Waals surface area contributed by atoms with E-state index in [2.05, 4.69) is 25.2 Å². The van der Waals surface area contributed by atoms with E-state index in [-0.39, 0.29) is 11.3 Å². The number of hydrogen-bond donors (Lipinski definition) is 1. The molecule has 0 unspecified atom stereocenters. The second-order valence-corrected chi connectivity index (χ2v) is 7.16. The van der Waals surface area contributed by atoms with Gasteiger partial charge in [-0.25, -0.2) is 19.3 Å². The molecule has 1 saturated carbocycles. The number of nitrogens with zero attached hydrogens (tertiary/aromatic N) is 5. The number of carbonyl (C=O) groups excluding carboxylic acids is 1. The topological polar surface area (TPSA) is 75.4 Å². The molecule has 5 rings (SSSR count). The Morgan fingerprint density at radius 1 is 1.22 bits per heavy atom. The van der Waals surface area contributed by atoms with E-state index in [9.17, 15) is 9.18 Å². The van der Waals surface area contributed by atoms with Gasteiger partial charge in [-0.1, -0.05) is 0 Å². The van der Waals surface area contributed by atoms with E-state index in [1.54, 1.807) is 35.8 Å². The predicted molar refractivity (Wildman–Crippen MR) is 98.1 cm³/mol. The number of anilines is 2. The average molecular weight is 365 g/mol. The Labute approximate surface area is 155 Å². The van der Waals surface area contributed by atoms with Gasteiger partial charge in [0.05, 0.1) is 23.8 Å². The molecule has 7 nitrogen and oxygen atoms in total. The molecule has 1 N–H and O–H groups in total. The molecular weight excluding hydrogens is 347 g/mol. The zero-order valence-corrected chi connectivity index (χ0v) is 14.8. The van der Waals surface area contributed by atoms with E-state index in [4.69, 9.17) is 0 Å². The Morgan fingerprint density at radius 3 is 2.74 bits per heavy atom. The van der Waals surface area contributed by atoms with E-state index >= 15 is 0 Å². The van der Waals surface area contributed by atoms with Crippen LogP contribution in [0.2, 0.25) is 0 Å². The van der Waals surface area contributed by atoms with Crippen molar-refractivity contribution in [3.63, 3.8) is 0 Å². The summed E-state index contributed by atoms with van der Waals surface area (Å²) in [5.41, 5.74) is 1.45. The third kappa shape index (κ3) is 3.01. The van der Waals surface area contributed by atoms with Crippen molar-refractivity contribution < 1.29 is 9.18 Å². The summed E-state index contributed by atoms with van der Waals surface area (Å²) < 4.78 is 15.7. The van der Waals surface area contributed by atoms with Gasteiger partial charge in [0.1, 0.15) is 11.5 Å². The molecule has 0 atom stereocenters. The van der Waals surface area contributed by atoms with Crippen LogP contribution in [0.25, 0.3) is 5.65 Å². The van der Waals surface area contributed by atoms with Crippen LogP contribution in [-0.4, -0.2) is 38.3 Å². The SMILES string of the molecule is Cc1cn2cc(NC(=O)c3cnc(N4CC([C]5CC5)C4)cn3)cc(F)c2n1. The van der Waals surface area contributed by atoms with Crippen LogP contribution in [0.5, 0.6) is 0 Å². The molecular formula is C19H18FN6O. The van der Waals surface area contributed by atoms with Crippen molar-refractivity contribution in [1.82, 2.24) is 19.4 Å². The average Bonchev–Trinajstić information content (AvgIpc) is 3.35. The van der Waals surface area contributed by atoms with E-state index in [0.29, 0.717) is 17.3 Å². The Kier molecular flexibility index (Phi) is 3.60. The van der Waals surface area contributed by atoms with Gasteiger partial charge < -0.3 is 14.6 Å². The van der Waals surface area contributed by atoms with Crippen LogP contribution in [0, 0.1) is 24.6 Å². The third-order valence-corrected chi connectivity index (χ3v) is 5.08. The summed E-state index contributed by atoms with van der Waals surface area (Å²) in [6, 6.07) is 1.25. The first kappa shape index (κ1) is 16.2. The van der Waals surface area contributed by atoms with Gasteiger partial charge in [0.15, 0.2) is 11.5 Å². The molecule has 27 heavy (non-hydrogen) atoms. The molecule has 0 spiro atoms. The molecule has 1 radical (unpaired) electrons. The van der Waals surface area contributed by atoms with E-state index in [1.807, 2.05) is 0 Å². The number of nitrogens with one attached hydrogen (secondary N) is 1. The fourth-order valence-corrected chi connectivity index (χ4v) is 3.45. The summed E-state index contributed by atoms with van der Waals surface area (Å²) in [6.07, 6.45) is 8.93. The van der Waals surface area contributed by atoms with Gasteiger partial charge in [0.2, 0.25) is 0 Å². The highest BCUT2D eigenvalue weighted by molar-refractivity contribution is 6.02. The molecule has 0 bridgehead atoms. The molecule has 1 aliphatic heterocycles. The normalized spacial score (nSPS) is 17.2. The van der Waals surface area contributed by atoms with Crippen LogP contribution in [0.15, 0.2) is 30.9 Å². The Hall–Kier alpha value is -3.03. The minimum absolute atomic E-state index is 0.190. The number of rotatable bonds is 4. The smallest absolute Gasteiger partial charge is 0.275 e. The zero-order chi connectivity index (χ0) is 18.5. The predicted octanol–water partition coefficient (Wildman–Crippen LogP) is 2.63. The lowest BCUT2D eigenvalue weighted by Gasteiger charge is -2.40. The fourth-order valence-electron chi connectivity index (χ4n) is 3.45. The first-order valence-electron chi connectivity index (χ1n) is 8.94. The molecule has 3 aromatic rings. The Balaban J connectivity index is 1.28. The molecule has 137 valence electrons. The number of pyridine rings is 1. The highest BCUT2D eigenvalue weighted by atomic mass is 19.1. The van der Waals surface area contributed by atoms with E-state index in [1.165, 1.54) is 25.1 Å². The zero-order valence-electron chi connectivity index (χ0n) is 14.8. The molecule has 1 aliphatic carbocycles. The molecule has 3 aromatic heterocycles. The summed E-state index contributed by atoms with van der Waals surface area (Å²) in [6.45, 7) is 3.75. The number of halogens is 1. The number of hydrogen-bond acceptors (Lipinski definition) is 5. The highest BCUT2D eigenvalue weighted by Crippen LogP contribution is 2.44. The first-order valence-corrected chi connectivity index (χ1v) is 8.94. The van der Waals surface area contributed by atoms with Crippen molar-refractivity contribution in [3.05, 3.63) is 54.0 Å². The maximum absolute atomic E-state index is 14.1. The summed E-state index contributed by atoms with van der Waals surface area (Å²) in [7, 11) is 0. The minimum atomic E-state index is -0.497. The van der Waals surface area contributed by atoms with Crippen LogP contribution in [0.4, 0.5) is 15.9 Å². The largest absolute Gasteiger partial charge is 0.355 e. The maximum atomic E-state index is 14.1. The van der Waals surface area contributed by atoms with Crippen molar-refractivity contribution in [2.45, 2.75) is 19.8 Å². The summed E-state index contributed by atoms with van der Waals surface area (Å²) in [4.78, 5) is 27.2. The molecule has 1 saturated heterocycles. The van der Waals surface area contributed by atoms with Crippen LogP contribution in [0.3, 0.4) is 0 Å². The summed E-state index contributed by atoms with van der Waals surface area (Å²) in [5.74, 6) is 2.21. The highest BCUT2D eigenvalue weighted by Gasteiger charge is 2.40. The second-order valence-electron chi connectivity index (χ2n) is 7.16. The van der Waals surface area contributed by atoms with Gasteiger partial charge in [0.25, 0.3) is 5.91 Å². The van der Waals surface area contributed by atoms with Crippen molar-refractivity contribution in [2.24, 2.45) is 5.92 Å². The molecule has 4 heterocycles. The van der Waals surface area contributed by atoms with Gasteiger partial charge in [-0.2, -0.15) is 0 Å². The lowest BCUT2D eigenvalue weighted by atomic mass is 9.95. The standard InChI is InChI=1S/C19H18FN6O/c1-11-7-26-10-14(4-15(20)18(26)23-11)24-19(27)16-5-22-17(6-21-16)25-8-13(9-25)12-2-3-12/h4-7,10,13H,2-3,8-9H2,1H3,(H,24,27). The van der Waals surface area contributed by atoms with Gasteiger partial charge in [-0.05, 0) is 25.7 Å². The van der Waals surface area contributed by atoms with Crippen molar-refractivity contribution in [1.29, 1.82) is 0 Å². The Morgan fingerprint density at radius 2 is 2.04 bits per heavy atom. The van der Waals surface area contributed by atoms with E-state index in [0.717, 1.165) is 18.9 Å². The summed E-state index contributed by atoms with van der Waals surface area (Å²) >= 11 is 0. The van der Waals surface area contributed by atoms with Crippen LogP contribution >= 0.6 is 0 Å². The Bertz CT molecular complexity index is 1020. The molecule has 8 heteroatoms. The monoisotopic (exact) mass is 365 g/mol. The second kappa shape index (κ2) is 6.00. The van der Waals surface area contributed by atoms with Gasteiger partial charge in [0, 0.05) is 37.5 Å². The van der Waals surface area contributed by atoms with E-state index < -0.39 is 11.7 Å². The molecule has 2 fully saturated rings. The quantitative estimate of drug-likeness (QED) is 0.769. The van der Waals surface area contributed by atoms with Crippen LogP contribution < -0.4 is 10.2 Å². The number of aryl methyl sites for hydroxylation is 1. The lowest BCUT2D eigenvalue weighted by molar-refractivity contribution is 0.102. The fraction of sp³-hybridized carbons (Fsp3) is 0.316. The van der Waals surface area contributed by atoms with Crippen molar-refractivity contribution in [3.8, 4) is 0 Å². The van der Waals surface area contributed by atoms with Crippen molar-refractivity contribution in [2.75, 3.05) is 23.3 Å². The number of carbonyl (C=O) groups is 1. The molecule has 0 aromatic carbocycles. The van der Waals surface area contributed by atoms with Gasteiger partial charge >= 0.3 is 0 Å². The number of fused-ring (bicyclic) bond motifs is 1. The number of imidazole rings is 1. The summed E-state index contributed by atoms with van der Waals surface area (Å²) in [5, 5.41) is 2.66. The van der Waals surface area contributed by atoms with Gasteiger partial charge in [-0.15, -0.1) is 0 Å². The van der Waals surface area contributed by atoms with Crippen molar-refractivity contribution >= 4 is 23.1 Å². The molecule has 2 aliphatic rings. The van der Waals surface area contributed by atoms with Crippen LogP contribution in [-0.2, 0) is 0 Å². The third-order valence-electron chi connectivity index (χ3n) is 5.08. The van der Waals surface area contributed by atoms with Gasteiger partial charge in [-0.3, -0.25) is 4.79 Å². The number of amides is 1. The number of aromatic nitrogens is 4. The first-order chi connectivity index (χ1) is 13.1. The maximum Gasteiger partial charge on any atom is 0.275 e.